The van der Waals surface area contributed by atoms with Gasteiger partial charge in [-0.15, -0.1) is 0 Å². The SMILES string of the molecule is CNC(=S)N/N=C\c1ccccc1C. The maximum Gasteiger partial charge on any atom is 0.186 e. The minimum atomic E-state index is 0.509. The first-order valence-corrected chi connectivity index (χ1v) is 4.71. The van der Waals surface area contributed by atoms with Crippen molar-refractivity contribution in [2.45, 2.75) is 6.92 Å². The highest BCUT2D eigenvalue weighted by molar-refractivity contribution is 7.80. The molecule has 1 rings (SSSR count). The van der Waals surface area contributed by atoms with Crippen LogP contribution in [0.2, 0.25) is 0 Å². The van der Waals surface area contributed by atoms with Crippen LogP contribution in [0.3, 0.4) is 0 Å². The van der Waals surface area contributed by atoms with E-state index in [1.165, 1.54) is 5.56 Å². The molecular weight excluding hydrogens is 194 g/mol. The fourth-order valence-electron chi connectivity index (χ4n) is 0.948. The Morgan fingerprint density at radius 2 is 2.14 bits per heavy atom. The van der Waals surface area contributed by atoms with Crippen LogP contribution in [0, 0.1) is 6.92 Å². The van der Waals surface area contributed by atoms with Gasteiger partial charge in [0.1, 0.15) is 0 Å². The molecule has 0 aliphatic rings. The summed E-state index contributed by atoms with van der Waals surface area (Å²) in [7, 11) is 1.75. The Kier molecular flexibility index (Phi) is 4.07. The number of benzene rings is 1. The van der Waals surface area contributed by atoms with Gasteiger partial charge in [-0.1, -0.05) is 24.3 Å². The molecule has 0 aliphatic carbocycles. The fraction of sp³-hybridized carbons (Fsp3) is 0.200. The van der Waals surface area contributed by atoms with Gasteiger partial charge in [-0.25, -0.2) is 0 Å². The van der Waals surface area contributed by atoms with Crippen LogP contribution in [0.1, 0.15) is 11.1 Å². The largest absolute Gasteiger partial charge is 0.364 e. The Bertz CT molecular complexity index is 347. The van der Waals surface area contributed by atoms with Crippen molar-refractivity contribution in [1.82, 2.24) is 10.7 Å². The molecule has 0 amide bonds. The number of thiocarbonyl (C=S) groups is 1. The van der Waals surface area contributed by atoms with Crippen LogP contribution in [0.5, 0.6) is 0 Å². The normalized spacial score (nSPS) is 10.1. The first-order valence-electron chi connectivity index (χ1n) is 4.30. The van der Waals surface area contributed by atoms with E-state index in [0.29, 0.717) is 5.11 Å². The number of hydrogen-bond acceptors (Lipinski definition) is 2. The summed E-state index contributed by atoms with van der Waals surface area (Å²) in [5, 5.41) is 7.28. The lowest BCUT2D eigenvalue weighted by Gasteiger charge is -2.00. The fourth-order valence-corrected chi connectivity index (χ4v) is 1.00. The predicted octanol–water partition coefficient (Wildman–Crippen LogP) is 1.42. The van der Waals surface area contributed by atoms with Crippen LogP contribution >= 0.6 is 12.2 Å². The number of nitrogens with zero attached hydrogens (tertiary/aromatic N) is 1. The summed E-state index contributed by atoms with van der Waals surface area (Å²) >= 11 is 4.87. The molecule has 0 unspecified atom stereocenters. The van der Waals surface area contributed by atoms with Crippen molar-refractivity contribution in [2.24, 2.45) is 5.10 Å². The van der Waals surface area contributed by atoms with Crippen LogP contribution in [0.25, 0.3) is 0 Å². The Balaban J connectivity index is 2.60. The van der Waals surface area contributed by atoms with E-state index in [0.717, 1.165) is 5.56 Å². The van der Waals surface area contributed by atoms with Gasteiger partial charge in [0.2, 0.25) is 0 Å². The summed E-state index contributed by atoms with van der Waals surface area (Å²) in [6.07, 6.45) is 1.75. The second-order valence-electron chi connectivity index (χ2n) is 2.81. The number of rotatable bonds is 2. The van der Waals surface area contributed by atoms with E-state index in [4.69, 9.17) is 12.2 Å². The highest BCUT2D eigenvalue weighted by Gasteiger charge is 1.91. The van der Waals surface area contributed by atoms with Crippen LogP contribution < -0.4 is 10.7 Å². The Labute approximate surface area is 89.2 Å². The van der Waals surface area contributed by atoms with Gasteiger partial charge in [-0.2, -0.15) is 5.10 Å². The zero-order valence-electron chi connectivity index (χ0n) is 8.24. The van der Waals surface area contributed by atoms with E-state index in [9.17, 15) is 0 Å². The van der Waals surface area contributed by atoms with Crippen molar-refractivity contribution in [2.75, 3.05) is 7.05 Å². The predicted molar refractivity (Wildman–Crippen MR) is 63.6 cm³/mol. The maximum atomic E-state index is 4.87. The third-order valence-electron chi connectivity index (χ3n) is 1.79. The van der Waals surface area contributed by atoms with Gasteiger partial charge in [0, 0.05) is 7.05 Å². The number of hydrazone groups is 1. The lowest BCUT2D eigenvalue weighted by atomic mass is 10.1. The van der Waals surface area contributed by atoms with E-state index in [2.05, 4.69) is 15.8 Å². The van der Waals surface area contributed by atoms with Crippen molar-refractivity contribution < 1.29 is 0 Å². The standard InChI is InChI=1S/C10H13N3S/c1-8-5-3-4-6-9(8)7-12-13-10(14)11-2/h3-7H,1-2H3,(H2,11,13,14)/b12-7-. The molecule has 0 saturated heterocycles. The zero-order chi connectivity index (χ0) is 10.4. The summed E-state index contributed by atoms with van der Waals surface area (Å²) in [4.78, 5) is 0. The Hall–Kier alpha value is -1.42. The van der Waals surface area contributed by atoms with E-state index >= 15 is 0 Å². The Morgan fingerprint density at radius 3 is 2.79 bits per heavy atom. The van der Waals surface area contributed by atoms with Crippen molar-refractivity contribution >= 4 is 23.5 Å². The highest BCUT2D eigenvalue weighted by atomic mass is 32.1. The third-order valence-corrected chi connectivity index (χ3v) is 2.08. The molecule has 1 aromatic rings. The van der Waals surface area contributed by atoms with E-state index in [-0.39, 0.29) is 0 Å². The molecule has 1 aromatic carbocycles. The highest BCUT2D eigenvalue weighted by Crippen LogP contribution is 2.02. The summed E-state index contributed by atoms with van der Waals surface area (Å²) in [6.45, 7) is 2.04. The minimum Gasteiger partial charge on any atom is -0.364 e. The van der Waals surface area contributed by atoms with Crippen LogP contribution in [-0.2, 0) is 0 Å². The molecule has 3 nitrogen and oxygen atoms in total. The number of nitrogens with one attached hydrogen (secondary N) is 2. The summed E-state index contributed by atoms with van der Waals surface area (Å²) in [6, 6.07) is 8.02. The molecule has 0 saturated carbocycles. The molecule has 0 atom stereocenters. The van der Waals surface area contributed by atoms with Gasteiger partial charge >= 0.3 is 0 Å². The van der Waals surface area contributed by atoms with Crippen LogP contribution in [-0.4, -0.2) is 18.4 Å². The van der Waals surface area contributed by atoms with Crippen molar-refractivity contribution in [1.29, 1.82) is 0 Å². The third kappa shape index (κ3) is 3.14. The van der Waals surface area contributed by atoms with Crippen LogP contribution in [0.15, 0.2) is 29.4 Å². The smallest absolute Gasteiger partial charge is 0.186 e. The monoisotopic (exact) mass is 207 g/mol. The van der Waals surface area contributed by atoms with Gasteiger partial charge in [0.05, 0.1) is 6.21 Å². The quantitative estimate of drug-likeness (QED) is 0.437. The first-order chi connectivity index (χ1) is 6.74. The first kappa shape index (κ1) is 10.7. The van der Waals surface area contributed by atoms with Gasteiger partial charge in [0.15, 0.2) is 5.11 Å². The molecule has 2 N–H and O–H groups in total. The molecule has 0 aromatic heterocycles. The van der Waals surface area contributed by atoms with E-state index in [1.807, 2.05) is 31.2 Å². The summed E-state index contributed by atoms with van der Waals surface area (Å²) in [5.74, 6) is 0. The molecule has 0 aliphatic heterocycles. The number of hydrogen-bond donors (Lipinski definition) is 2. The second kappa shape index (κ2) is 5.34. The molecular formula is C10H13N3S. The van der Waals surface area contributed by atoms with Gasteiger partial charge in [0.25, 0.3) is 0 Å². The molecule has 0 fully saturated rings. The lowest BCUT2D eigenvalue weighted by Crippen LogP contribution is -2.28. The van der Waals surface area contributed by atoms with Crippen molar-refractivity contribution in [3.8, 4) is 0 Å². The number of aryl methyl sites for hydroxylation is 1. The molecule has 14 heavy (non-hydrogen) atoms. The molecule has 0 heterocycles. The maximum absolute atomic E-state index is 4.87. The van der Waals surface area contributed by atoms with E-state index in [1.54, 1.807) is 13.3 Å². The zero-order valence-corrected chi connectivity index (χ0v) is 9.06. The average molecular weight is 207 g/mol. The summed E-state index contributed by atoms with van der Waals surface area (Å²) in [5.41, 5.74) is 4.97. The van der Waals surface area contributed by atoms with Crippen molar-refractivity contribution in [3.05, 3.63) is 35.4 Å². The molecule has 0 spiro atoms. The van der Waals surface area contributed by atoms with E-state index < -0.39 is 0 Å². The second-order valence-corrected chi connectivity index (χ2v) is 3.21. The van der Waals surface area contributed by atoms with Gasteiger partial charge in [-0.05, 0) is 30.3 Å². The molecule has 0 radical (unpaired) electrons. The average Bonchev–Trinajstić information content (AvgIpc) is 2.20. The Morgan fingerprint density at radius 1 is 1.43 bits per heavy atom. The van der Waals surface area contributed by atoms with Gasteiger partial charge < -0.3 is 5.32 Å². The van der Waals surface area contributed by atoms with Gasteiger partial charge in [-0.3, -0.25) is 5.43 Å². The minimum absolute atomic E-state index is 0.509. The van der Waals surface area contributed by atoms with Crippen molar-refractivity contribution in [3.63, 3.8) is 0 Å². The van der Waals surface area contributed by atoms with Crippen LogP contribution in [0.4, 0.5) is 0 Å². The lowest BCUT2D eigenvalue weighted by molar-refractivity contribution is 0.982. The molecule has 4 heteroatoms. The molecule has 74 valence electrons. The summed E-state index contributed by atoms with van der Waals surface area (Å²) < 4.78 is 0. The molecule has 0 bridgehead atoms. The topological polar surface area (TPSA) is 36.4 Å².